The van der Waals surface area contributed by atoms with E-state index < -0.39 is 5.97 Å². The normalized spacial score (nSPS) is 21.5. The summed E-state index contributed by atoms with van der Waals surface area (Å²) in [5, 5.41) is 9.47. The fraction of sp³-hybridized carbons (Fsp3) is 0.421. The molecule has 1 aliphatic carbocycles. The monoisotopic (exact) mass is 284 g/mol. The molecule has 112 valence electrons. The van der Waals surface area contributed by atoms with Gasteiger partial charge in [0.15, 0.2) is 0 Å². The minimum absolute atomic E-state index is 0.107. The third-order valence-electron chi connectivity index (χ3n) is 4.19. The summed E-state index contributed by atoms with van der Waals surface area (Å²) in [6.45, 7) is 4.23. The van der Waals surface area contributed by atoms with Crippen LogP contribution in [0.25, 0.3) is 0 Å². The highest BCUT2D eigenvalue weighted by molar-refractivity contribution is 5.72. The quantitative estimate of drug-likeness (QED) is 0.778. The molecule has 0 radical (unpaired) electrons. The maximum absolute atomic E-state index is 11.5. The average Bonchev–Trinajstić information content (AvgIpc) is 2.47. The van der Waals surface area contributed by atoms with Gasteiger partial charge in [0.25, 0.3) is 0 Å². The van der Waals surface area contributed by atoms with Crippen LogP contribution in [0.2, 0.25) is 0 Å². The summed E-state index contributed by atoms with van der Waals surface area (Å²) in [6, 6.07) is 10.1. The maximum Gasteiger partial charge on any atom is 0.307 e. The van der Waals surface area contributed by atoms with Gasteiger partial charge in [0.1, 0.15) is 0 Å². The Labute approximate surface area is 127 Å². The van der Waals surface area contributed by atoms with Crippen molar-refractivity contribution in [1.29, 1.82) is 0 Å². The van der Waals surface area contributed by atoms with Crippen LogP contribution in [-0.4, -0.2) is 11.1 Å². The van der Waals surface area contributed by atoms with Crippen molar-refractivity contribution >= 4 is 5.97 Å². The van der Waals surface area contributed by atoms with Gasteiger partial charge in [-0.15, -0.1) is 0 Å². The minimum Gasteiger partial charge on any atom is -0.481 e. The fourth-order valence-corrected chi connectivity index (χ4v) is 3.04. The van der Waals surface area contributed by atoms with Crippen molar-refractivity contribution in [2.45, 2.75) is 45.4 Å². The largest absolute Gasteiger partial charge is 0.481 e. The molecule has 2 rings (SSSR count). The number of rotatable bonds is 5. The van der Waals surface area contributed by atoms with Gasteiger partial charge in [0, 0.05) is 5.92 Å². The Balaban J connectivity index is 2.12. The second-order valence-electron chi connectivity index (χ2n) is 6.08. The van der Waals surface area contributed by atoms with Crippen LogP contribution in [0.3, 0.4) is 0 Å². The highest BCUT2D eigenvalue weighted by atomic mass is 16.4. The van der Waals surface area contributed by atoms with E-state index in [1.54, 1.807) is 0 Å². The average molecular weight is 284 g/mol. The molecule has 1 aromatic rings. The molecule has 1 aliphatic rings. The van der Waals surface area contributed by atoms with E-state index in [1.165, 1.54) is 11.1 Å². The summed E-state index contributed by atoms with van der Waals surface area (Å²) in [5.41, 5.74) is 3.89. The van der Waals surface area contributed by atoms with Crippen molar-refractivity contribution in [1.82, 2.24) is 0 Å². The Hall–Kier alpha value is -1.83. The Morgan fingerprint density at radius 3 is 2.62 bits per heavy atom. The van der Waals surface area contributed by atoms with Crippen LogP contribution in [0.1, 0.15) is 51.0 Å². The summed E-state index contributed by atoms with van der Waals surface area (Å²) in [5.74, 6) is -0.863. The van der Waals surface area contributed by atoms with Gasteiger partial charge >= 0.3 is 5.97 Å². The number of benzene rings is 1. The third kappa shape index (κ3) is 4.32. The molecular formula is C19H24O2. The topological polar surface area (TPSA) is 37.3 Å². The second kappa shape index (κ2) is 7.26. The Morgan fingerprint density at radius 1 is 1.29 bits per heavy atom. The van der Waals surface area contributed by atoms with Gasteiger partial charge in [-0.2, -0.15) is 0 Å². The number of carboxylic acid groups (broad SMARTS) is 1. The zero-order valence-corrected chi connectivity index (χ0v) is 12.9. The predicted octanol–water partition coefficient (Wildman–Crippen LogP) is 4.94. The van der Waals surface area contributed by atoms with Gasteiger partial charge in [0.05, 0.1) is 5.92 Å². The first kappa shape index (κ1) is 15.6. The molecule has 2 heteroatoms. The van der Waals surface area contributed by atoms with Crippen molar-refractivity contribution < 1.29 is 9.90 Å². The standard InChI is InChI=1S/C19H24O2/c1-14(2)7-6-8-15-11-12-17(19(20)21)18(13-15)16-9-4-3-5-10-16/h3-5,7,9-11,17-18H,6,8,12-13H2,1-2H3,(H,20,21)/t17-,18+/m0/s1. The number of allylic oxidation sites excluding steroid dienone is 4. The van der Waals surface area contributed by atoms with Crippen LogP contribution in [0.15, 0.2) is 53.6 Å². The van der Waals surface area contributed by atoms with Crippen LogP contribution in [0.4, 0.5) is 0 Å². The van der Waals surface area contributed by atoms with Crippen LogP contribution < -0.4 is 0 Å². The molecule has 1 aromatic carbocycles. The van der Waals surface area contributed by atoms with E-state index in [4.69, 9.17) is 0 Å². The lowest BCUT2D eigenvalue weighted by Crippen LogP contribution is -2.25. The van der Waals surface area contributed by atoms with E-state index in [2.05, 4.69) is 38.1 Å². The molecule has 0 bridgehead atoms. The van der Waals surface area contributed by atoms with Crippen molar-refractivity contribution in [2.24, 2.45) is 5.92 Å². The zero-order chi connectivity index (χ0) is 15.2. The fourth-order valence-electron chi connectivity index (χ4n) is 3.04. The molecule has 2 atom stereocenters. The van der Waals surface area contributed by atoms with Crippen molar-refractivity contribution in [3.63, 3.8) is 0 Å². The second-order valence-corrected chi connectivity index (χ2v) is 6.08. The van der Waals surface area contributed by atoms with Gasteiger partial charge in [-0.3, -0.25) is 4.79 Å². The molecule has 0 spiro atoms. The third-order valence-corrected chi connectivity index (χ3v) is 4.19. The van der Waals surface area contributed by atoms with E-state index in [1.807, 2.05) is 18.2 Å². The van der Waals surface area contributed by atoms with Crippen LogP contribution >= 0.6 is 0 Å². The van der Waals surface area contributed by atoms with Gasteiger partial charge < -0.3 is 5.11 Å². The molecule has 2 nitrogen and oxygen atoms in total. The number of hydrogen-bond acceptors (Lipinski definition) is 1. The van der Waals surface area contributed by atoms with E-state index in [0.29, 0.717) is 6.42 Å². The molecule has 0 heterocycles. The summed E-state index contributed by atoms with van der Waals surface area (Å²) < 4.78 is 0. The Bertz CT molecular complexity index is 536. The highest BCUT2D eigenvalue weighted by Crippen LogP contribution is 2.39. The molecular weight excluding hydrogens is 260 g/mol. The van der Waals surface area contributed by atoms with Gasteiger partial charge in [-0.1, -0.05) is 53.6 Å². The lowest BCUT2D eigenvalue weighted by Gasteiger charge is -2.29. The maximum atomic E-state index is 11.5. The molecule has 21 heavy (non-hydrogen) atoms. The number of carboxylic acids is 1. The van der Waals surface area contributed by atoms with E-state index >= 15 is 0 Å². The highest BCUT2D eigenvalue weighted by Gasteiger charge is 2.31. The SMILES string of the molecule is CC(C)=CCCC1=CC[C@H](C(=O)O)[C@@H](c2ccccc2)C1. The van der Waals surface area contributed by atoms with Crippen LogP contribution in [0.5, 0.6) is 0 Å². The van der Waals surface area contributed by atoms with E-state index in [-0.39, 0.29) is 11.8 Å². The molecule has 0 unspecified atom stereocenters. The summed E-state index contributed by atoms with van der Waals surface area (Å²) in [6.07, 6.45) is 8.02. The molecule has 1 N–H and O–H groups in total. The van der Waals surface area contributed by atoms with Crippen molar-refractivity contribution in [2.75, 3.05) is 0 Å². The van der Waals surface area contributed by atoms with Crippen LogP contribution in [0, 0.1) is 5.92 Å². The molecule has 0 aliphatic heterocycles. The zero-order valence-electron chi connectivity index (χ0n) is 12.9. The van der Waals surface area contributed by atoms with Gasteiger partial charge in [-0.25, -0.2) is 0 Å². The first-order valence-corrected chi connectivity index (χ1v) is 7.67. The Morgan fingerprint density at radius 2 is 2.00 bits per heavy atom. The molecule has 0 amide bonds. The molecule has 0 saturated heterocycles. The number of hydrogen-bond donors (Lipinski definition) is 1. The van der Waals surface area contributed by atoms with Gasteiger partial charge in [-0.05, 0) is 45.1 Å². The summed E-state index contributed by atoms with van der Waals surface area (Å²) in [7, 11) is 0. The lowest BCUT2D eigenvalue weighted by atomic mass is 9.75. The number of aliphatic carboxylic acids is 1. The molecule has 0 saturated carbocycles. The van der Waals surface area contributed by atoms with E-state index in [0.717, 1.165) is 24.8 Å². The smallest absolute Gasteiger partial charge is 0.307 e. The molecule has 0 aromatic heterocycles. The minimum atomic E-state index is -0.677. The Kier molecular flexibility index (Phi) is 5.38. The van der Waals surface area contributed by atoms with Crippen molar-refractivity contribution in [3.05, 3.63) is 59.2 Å². The van der Waals surface area contributed by atoms with Crippen LogP contribution in [-0.2, 0) is 4.79 Å². The summed E-state index contributed by atoms with van der Waals surface area (Å²) in [4.78, 5) is 11.5. The summed E-state index contributed by atoms with van der Waals surface area (Å²) >= 11 is 0. The van der Waals surface area contributed by atoms with Crippen molar-refractivity contribution in [3.8, 4) is 0 Å². The number of carbonyl (C=O) groups is 1. The molecule has 0 fully saturated rings. The van der Waals surface area contributed by atoms with E-state index in [9.17, 15) is 9.90 Å². The lowest BCUT2D eigenvalue weighted by molar-refractivity contribution is -0.142. The predicted molar refractivity (Wildman–Crippen MR) is 86.3 cm³/mol. The first-order valence-electron chi connectivity index (χ1n) is 7.67. The first-order chi connectivity index (χ1) is 10.1. The van der Waals surface area contributed by atoms with Gasteiger partial charge in [0.2, 0.25) is 0 Å².